The summed E-state index contributed by atoms with van der Waals surface area (Å²) in [6.45, 7) is 1.71. The van der Waals surface area contributed by atoms with Crippen LogP contribution in [0.25, 0.3) is 16.7 Å². The number of nitro groups is 1. The van der Waals surface area contributed by atoms with Crippen molar-refractivity contribution < 1.29 is 10.1 Å². The Hall–Kier alpha value is -3.43. The molecule has 1 aromatic carbocycles. The van der Waals surface area contributed by atoms with Gasteiger partial charge in [0.2, 0.25) is 0 Å². The molecular formula is C12H9N5O5. The van der Waals surface area contributed by atoms with Crippen molar-refractivity contribution in [1.29, 1.82) is 0 Å². The van der Waals surface area contributed by atoms with Crippen LogP contribution >= 0.6 is 0 Å². The average Bonchev–Trinajstić information content (AvgIpc) is 2.90. The van der Waals surface area contributed by atoms with Crippen molar-refractivity contribution in [1.82, 2.24) is 19.3 Å². The minimum atomic E-state index is -1.17. The van der Waals surface area contributed by atoms with Crippen molar-refractivity contribution in [2.24, 2.45) is 0 Å². The van der Waals surface area contributed by atoms with Crippen LogP contribution < -0.4 is 11.1 Å². The number of hydrogen-bond donors (Lipinski definition) is 2. The topological polar surface area (TPSA) is 136 Å². The Labute approximate surface area is 121 Å². The first kappa shape index (κ1) is 13.5. The minimum Gasteiger partial charge on any atom is -0.425 e. The number of nitro benzene ring substituents is 1. The SMILES string of the molecule is Cc1cn(-c2cc3c(cc2[N+](=O)[O-])[nH]c(=O)c(=O)n3O)cn1. The molecule has 112 valence electrons. The molecule has 0 fully saturated rings. The normalized spacial score (nSPS) is 11.0. The predicted octanol–water partition coefficient (Wildman–Crippen LogP) is 0.329. The third-order valence-electron chi connectivity index (χ3n) is 3.14. The molecule has 0 spiro atoms. The van der Waals surface area contributed by atoms with Gasteiger partial charge in [0.05, 0.1) is 22.5 Å². The molecule has 0 amide bonds. The molecule has 2 N–H and O–H groups in total. The Morgan fingerprint density at radius 3 is 2.68 bits per heavy atom. The lowest BCUT2D eigenvalue weighted by atomic mass is 10.2. The average molecular weight is 303 g/mol. The van der Waals surface area contributed by atoms with Gasteiger partial charge in [-0.25, -0.2) is 4.98 Å². The number of nitrogens with one attached hydrogen (secondary N) is 1. The molecular weight excluding hydrogens is 294 g/mol. The fourth-order valence-electron chi connectivity index (χ4n) is 2.13. The van der Waals surface area contributed by atoms with Crippen molar-refractivity contribution in [2.75, 3.05) is 0 Å². The highest BCUT2D eigenvalue weighted by molar-refractivity contribution is 5.81. The molecule has 3 rings (SSSR count). The predicted molar refractivity (Wildman–Crippen MR) is 74.5 cm³/mol. The first-order valence-electron chi connectivity index (χ1n) is 6.06. The number of benzene rings is 1. The van der Waals surface area contributed by atoms with Gasteiger partial charge in [-0.3, -0.25) is 24.3 Å². The molecule has 0 atom stereocenters. The molecule has 0 saturated heterocycles. The summed E-state index contributed by atoms with van der Waals surface area (Å²) in [5.41, 5.74) is -1.90. The molecule has 0 aliphatic rings. The lowest BCUT2D eigenvalue weighted by Crippen LogP contribution is -2.35. The molecule has 0 aliphatic carbocycles. The van der Waals surface area contributed by atoms with E-state index < -0.39 is 16.0 Å². The summed E-state index contributed by atoms with van der Waals surface area (Å²) in [4.78, 5) is 39.6. The molecule has 0 unspecified atom stereocenters. The summed E-state index contributed by atoms with van der Waals surface area (Å²) >= 11 is 0. The Balaban J connectivity index is 2.45. The van der Waals surface area contributed by atoms with Crippen LogP contribution in [0.5, 0.6) is 0 Å². The first-order valence-corrected chi connectivity index (χ1v) is 6.06. The number of H-pyrrole nitrogens is 1. The van der Waals surface area contributed by atoms with E-state index in [0.29, 0.717) is 5.69 Å². The summed E-state index contributed by atoms with van der Waals surface area (Å²) in [5, 5.41) is 21.0. The summed E-state index contributed by atoms with van der Waals surface area (Å²) in [5.74, 6) is 0. The van der Waals surface area contributed by atoms with Gasteiger partial charge in [-0.05, 0) is 13.0 Å². The molecule has 2 aromatic heterocycles. The maximum absolute atomic E-state index is 11.5. The monoisotopic (exact) mass is 303 g/mol. The fourth-order valence-corrected chi connectivity index (χ4v) is 2.13. The molecule has 10 heteroatoms. The number of hydrogen-bond acceptors (Lipinski definition) is 6. The summed E-state index contributed by atoms with van der Waals surface area (Å²) in [6, 6.07) is 2.31. The second kappa shape index (κ2) is 4.55. The molecule has 0 bridgehead atoms. The zero-order chi connectivity index (χ0) is 16.0. The first-order chi connectivity index (χ1) is 10.4. The maximum Gasteiger partial charge on any atom is 0.348 e. The summed E-state index contributed by atoms with van der Waals surface area (Å²) in [6.07, 6.45) is 2.93. The fraction of sp³-hybridized carbons (Fsp3) is 0.0833. The van der Waals surface area contributed by atoms with Gasteiger partial charge in [-0.2, -0.15) is 0 Å². The van der Waals surface area contributed by atoms with E-state index >= 15 is 0 Å². The van der Waals surface area contributed by atoms with Crippen LogP contribution in [0, 0.1) is 17.0 Å². The standard InChI is InChI=1S/C12H9N5O5/c1-6-4-15(5-13-6)9-3-8-7(2-10(9)17(21)22)14-11(18)12(19)16(8)20/h2-5,20H,1H3,(H,14,18). The third-order valence-corrected chi connectivity index (χ3v) is 3.14. The van der Waals surface area contributed by atoms with Gasteiger partial charge in [0.1, 0.15) is 11.2 Å². The van der Waals surface area contributed by atoms with E-state index in [1.165, 1.54) is 17.0 Å². The molecule has 2 heterocycles. The molecule has 3 aromatic rings. The third kappa shape index (κ3) is 1.93. The van der Waals surface area contributed by atoms with E-state index in [1.807, 2.05) is 0 Å². The van der Waals surface area contributed by atoms with E-state index in [4.69, 9.17) is 0 Å². The van der Waals surface area contributed by atoms with Gasteiger partial charge < -0.3 is 10.2 Å². The zero-order valence-corrected chi connectivity index (χ0v) is 11.2. The Morgan fingerprint density at radius 1 is 1.36 bits per heavy atom. The molecule has 0 saturated carbocycles. The van der Waals surface area contributed by atoms with Crippen LogP contribution in [0.1, 0.15) is 5.69 Å². The number of aryl methyl sites for hydroxylation is 1. The van der Waals surface area contributed by atoms with Gasteiger partial charge in [-0.1, -0.05) is 0 Å². The number of rotatable bonds is 2. The van der Waals surface area contributed by atoms with Crippen LogP contribution in [-0.4, -0.2) is 29.4 Å². The molecule has 0 aliphatic heterocycles. The van der Waals surface area contributed by atoms with Crippen molar-refractivity contribution >= 4 is 16.7 Å². The van der Waals surface area contributed by atoms with E-state index in [9.17, 15) is 24.9 Å². The largest absolute Gasteiger partial charge is 0.425 e. The lowest BCUT2D eigenvalue weighted by molar-refractivity contribution is -0.384. The van der Waals surface area contributed by atoms with Crippen LogP contribution in [0.15, 0.2) is 34.2 Å². The number of imidazole rings is 1. The van der Waals surface area contributed by atoms with Crippen LogP contribution in [-0.2, 0) is 0 Å². The lowest BCUT2D eigenvalue weighted by Gasteiger charge is -2.07. The van der Waals surface area contributed by atoms with Crippen molar-refractivity contribution in [3.8, 4) is 5.69 Å². The van der Waals surface area contributed by atoms with Gasteiger partial charge in [0.15, 0.2) is 0 Å². The number of aromatic nitrogens is 4. The van der Waals surface area contributed by atoms with Crippen LogP contribution in [0.3, 0.4) is 0 Å². The van der Waals surface area contributed by atoms with E-state index in [1.54, 1.807) is 13.1 Å². The van der Waals surface area contributed by atoms with E-state index in [0.717, 1.165) is 6.07 Å². The van der Waals surface area contributed by atoms with E-state index in [-0.39, 0.29) is 27.1 Å². The molecule has 0 radical (unpaired) electrons. The smallest absolute Gasteiger partial charge is 0.348 e. The minimum absolute atomic E-state index is 0.0283. The Kier molecular flexibility index (Phi) is 2.80. The van der Waals surface area contributed by atoms with Crippen molar-refractivity contribution in [2.45, 2.75) is 6.92 Å². The van der Waals surface area contributed by atoms with Crippen molar-refractivity contribution in [3.05, 3.63) is 61.2 Å². The second-order valence-electron chi connectivity index (χ2n) is 4.61. The quantitative estimate of drug-likeness (QED) is 0.303. The maximum atomic E-state index is 11.5. The Bertz CT molecular complexity index is 1030. The van der Waals surface area contributed by atoms with E-state index in [2.05, 4.69) is 9.97 Å². The van der Waals surface area contributed by atoms with Crippen molar-refractivity contribution in [3.63, 3.8) is 0 Å². The van der Waals surface area contributed by atoms with Crippen LogP contribution in [0.2, 0.25) is 0 Å². The molecule has 10 nitrogen and oxygen atoms in total. The Morgan fingerprint density at radius 2 is 2.09 bits per heavy atom. The highest BCUT2D eigenvalue weighted by Crippen LogP contribution is 2.27. The highest BCUT2D eigenvalue weighted by Gasteiger charge is 2.20. The number of fused-ring (bicyclic) bond motifs is 1. The summed E-state index contributed by atoms with van der Waals surface area (Å²) in [7, 11) is 0. The summed E-state index contributed by atoms with van der Waals surface area (Å²) < 4.78 is 1.55. The second-order valence-corrected chi connectivity index (χ2v) is 4.61. The van der Waals surface area contributed by atoms with Gasteiger partial charge in [0, 0.05) is 12.3 Å². The van der Waals surface area contributed by atoms with Gasteiger partial charge >= 0.3 is 11.1 Å². The zero-order valence-electron chi connectivity index (χ0n) is 11.2. The number of nitrogens with zero attached hydrogens (tertiary/aromatic N) is 4. The number of aromatic amines is 1. The highest BCUT2D eigenvalue weighted by atomic mass is 16.6. The molecule has 22 heavy (non-hydrogen) atoms. The van der Waals surface area contributed by atoms with Gasteiger partial charge in [-0.15, -0.1) is 4.73 Å². The van der Waals surface area contributed by atoms with Gasteiger partial charge in [0.25, 0.3) is 5.69 Å². The van der Waals surface area contributed by atoms with Crippen LogP contribution in [0.4, 0.5) is 5.69 Å².